The summed E-state index contributed by atoms with van der Waals surface area (Å²) in [5, 5.41) is 2.60. The Morgan fingerprint density at radius 1 is 1.07 bits per heavy atom. The lowest BCUT2D eigenvalue weighted by Crippen LogP contribution is -2.27. The molecule has 1 aromatic carbocycles. The molecule has 0 fully saturated rings. The van der Waals surface area contributed by atoms with Gasteiger partial charge in [0.2, 0.25) is 0 Å². The maximum atomic E-state index is 3.37. The quantitative estimate of drug-likeness (QED) is 0.586. The molecule has 0 saturated carbocycles. The van der Waals surface area contributed by atoms with Gasteiger partial charge in [-0.15, -0.1) is 0 Å². The molecule has 0 N–H and O–H groups in total. The zero-order valence-electron chi connectivity index (χ0n) is 8.35. The molecule has 2 aliphatic rings. The van der Waals surface area contributed by atoms with Gasteiger partial charge < -0.3 is 0 Å². The fraction of sp³-hybridized carbons (Fsp3) is 0.0667. The first kappa shape index (κ1) is 8.49. The summed E-state index contributed by atoms with van der Waals surface area (Å²) in [6.45, 7) is 0. The normalized spacial score (nSPS) is 21.6. The second kappa shape index (κ2) is 3.39. The Balaban J connectivity index is 2.43. The fourth-order valence-electron chi connectivity index (χ4n) is 2.09. The van der Waals surface area contributed by atoms with Crippen molar-refractivity contribution in [2.45, 2.75) is 0 Å². The van der Waals surface area contributed by atoms with Crippen molar-refractivity contribution < 1.29 is 0 Å². The molecule has 0 spiro atoms. The molecule has 3 rings (SSSR count). The Labute approximate surface area is 89.3 Å². The van der Waals surface area contributed by atoms with Gasteiger partial charge in [0.05, 0.1) is 0 Å². The van der Waals surface area contributed by atoms with Crippen molar-refractivity contribution >= 4 is 11.6 Å². The lowest BCUT2D eigenvalue weighted by Gasteiger charge is -2.11. The summed E-state index contributed by atoms with van der Waals surface area (Å²) in [5.74, 6) is 0.315. The topological polar surface area (TPSA) is 0 Å². The van der Waals surface area contributed by atoms with Crippen molar-refractivity contribution in [3.63, 3.8) is 0 Å². The molecular weight excluding hydrogens is 180 g/mol. The summed E-state index contributed by atoms with van der Waals surface area (Å²) in [5.41, 5.74) is 1.35. The van der Waals surface area contributed by atoms with Crippen LogP contribution in [0.3, 0.4) is 0 Å². The third kappa shape index (κ3) is 1.39. The van der Waals surface area contributed by atoms with Crippen molar-refractivity contribution in [3.05, 3.63) is 71.2 Å². The van der Waals surface area contributed by atoms with Crippen LogP contribution in [0.5, 0.6) is 0 Å². The fourth-order valence-corrected chi connectivity index (χ4v) is 2.09. The second-order valence-corrected chi connectivity index (χ2v) is 3.76. The van der Waals surface area contributed by atoms with E-state index >= 15 is 0 Å². The van der Waals surface area contributed by atoms with Gasteiger partial charge in [-0.25, -0.2) is 0 Å². The van der Waals surface area contributed by atoms with Crippen LogP contribution in [-0.4, -0.2) is 0 Å². The number of fused-ring (bicyclic) bond motifs is 2. The molecule has 1 aromatic rings. The van der Waals surface area contributed by atoms with E-state index in [9.17, 15) is 0 Å². The molecule has 0 heterocycles. The molecule has 71 valence electrons. The van der Waals surface area contributed by atoms with Gasteiger partial charge in [-0.2, -0.15) is 0 Å². The van der Waals surface area contributed by atoms with Crippen LogP contribution in [0.2, 0.25) is 0 Å². The minimum absolute atomic E-state index is 0.315. The third-order valence-corrected chi connectivity index (χ3v) is 2.84. The van der Waals surface area contributed by atoms with E-state index in [1.165, 1.54) is 16.0 Å². The van der Waals surface area contributed by atoms with E-state index in [0.717, 1.165) is 0 Å². The van der Waals surface area contributed by atoms with Gasteiger partial charge in [0.25, 0.3) is 0 Å². The molecule has 1 unspecified atom stereocenters. The summed E-state index contributed by atoms with van der Waals surface area (Å²) >= 11 is 0. The van der Waals surface area contributed by atoms with E-state index in [4.69, 9.17) is 0 Å². The molecular formula is C15H11. The van der Waals surface area contributed by atoms with E-state index in [-0.39, 0.29) is 0 Å². The lowest BCUT2D eigenvalue weighted by molar-refractivity contribution is 1.05. The number of hydrogen-bond donors (Lipinski definition) is 0. The predicted molar refractivity (Wildman–Crippen MR) is 63.1 cm³/mol. The molecule has 0 heteroatoms. The van der Waals surface area contributed by atoms with Gasteiger partial charge in [-0.1, -0.05) is 60.7 Å². The monoisotopic (exact) mass is 191 g/mol. The average molecular weight is 191 g/mol. The van der Waals surface area contributed by atoms with Crippen molar-refractivity contribution in [2.75, 3.05) is 0 Å². The highest BCUT2D eigenvalue weighted by molar-refractivity contribution is 5.67. The van der Waals surface area contributed by atoms with Crippen LogP contribution < -0.4 is 10.4 Å². The van der Waals surface area contributed by atoms with Crippen LogP contribution in [-0.2, 0) is 0 Å². The van der Waals surface area contributed by atoms with Crippen molar-refractivity contribution in [2.24, 2.45) is 5.92 Å². The summed E-state index contributed by atoms with van der Waals surface area (Å²) in [4.78, 5) is 0. The average Bonchev–Trinajstić information content (AvgIpc) is 2.48. The number of benzene rings is 1. The molecule has 1 radical (unpaired) electrons. The zero-order chi connectivity index (χ0) is 10.1. The van der Waals surface area contributed by atoms with Gasteiger partial charge in [0.1, 0.15) is 0 Å². The Morgan fingerprint density at radius 2 is 2.00 bits per heavy atom. The van der Waals surface area contributed by atoms with Crippen molar-refractivity contribution in [1.82, 2.24) is 0 Å². The SMILES string of the molecule is [C]1=CC=c2ccccc2=C2C=CC=CC12. The first-order valence-corrected chi connectivity index (χ1v) is 5.19. The molecule has 15 heavy (non-hydrogen) atoms. The van der Waals surface area contributed by atoms with Crippen LogP contribution in [0.25, 0.3) is 11.6 Å². The Kier molecular flexibility index (Phi) is 1.92. The molecule has 0 amide bonds. The lowest BCUT2D eigenvalue weighted by atomic mass is 9.93. The minimum Gasteiger partial charge on any atom is -0.0726 e. The molecule has 0 nitrogen and oxygen atoms in total. The second-order valence-electron chi connectivity index (χ2n) is 3.76. The van der Waals surface area contributed by atoms with Gasteiger partial charge in [-0.05, 0) is 22.1 Å². The summed E-state index contributed by atoms with van der Waals surface area (Å²) < 4.78 is 0. The van der Waals surface area contributed by atoms with Crippen LogP contribution >= 0.6 is 0 Å². The molecule has 0 aromatic heterocycles. The summed E-state index contributed by atoms with van der Waals surface area (Å²) in [6, 6.07) is 8.49. The number of hydrogen-bond acceptors (Lipinski definition) is 0. The zero-order valence-corrected chi connectivity index (χ0v) is 8.35. The Morgan fingerprint density at radius 3 is 3.00 bits per heavy atom. The number of rotatable bonds is 0. The van der Waals surface area contributed by atoms with Crippen molar-refractivity contribution in [3.8, 4) is 0 Å². The number of allylic oxidation sites excluding steroid dienone is 6. The van der Waals surface area contributed by atoms with Crippen LogP contribution in [0.15, 0.2) is 54.6 Å². The first-order valence-electron chi connectivity index (χ1n) is 5.19. The highest BCUT2D eigenvalue weighted by Crippen LogP contribution is 2.19. The highest BCUT2D eigenvalue weighted by atomic mass is 14.1. The standard InChI is InChI=1S/C15H11/c1-3-10-14-12(6-1)8-5-9-13-7-2-4-11-15(13)14/h1-8,10-11,13H. The molecule has 2 aliphatic carbocycles. The van der Waals surface area contributed by atoms with Gasteiger partial charge >= 0.3 is 0 Å². The Bertz CT molecular complexity index is 583. The molecule has 0 saturated heterocycles. The van der Waals surface area contributed by atoms with Crippen LogP contribution in [0.1, 0.15) is 0 Å². The molecule has 0 aliphatic heterocycles. The maximum Gasteiger partial charge on any atom is 0.0281 e. The molecule has 1 atom stereocenters. The summed E-state index contributed by atoms with van der Waals surface area (Å²) in [7, 11) is 0. The largest absolute Gasteiger partial charge is 0.0726 e. The minimum atomic E-state index is 0.315. The first-order chi connectivity index (χ1) is 7.45. The highest BCUT2D eigenvalue weighted by Gasteiger charge is 2.10. The summed E-state index contributed by atoms with van der Waals surface area (Å²) in [6.07, 6.45) is 16.1. The maximum absolute atomic E-state index is 3.37. The van der Waals surface area contributed by atoms with Crippen molar-refractivity contribution in [1.29, 1.82) is 0 Å². The van der Waals surface area contributed by atoms with Gasteiger partial charge in [-0.3, -0.25) is 0 Å². The van der Waals surface area contributed by atoms with Gasteiger partial charge in [0, 0.05) is 5.92 Å². The van der Waals surface area contributed by atoms with Crippen LogP contribution in [0.4, 0.5) is 0 Å². The Hall–Kier alpha value is -1.82. The van der Waals surface area contributed by atoms with E-state index < -0.39 is 0 Å². The van der Waals surface area contributed by atoms with Gasteiger partial charge in [0.15, 0.2) is 0 Å². The smallest absolute Gasteiger partial charge is 0.0281 e. The van der Waals surface area contributed by atoms with E-state index in [2.05, 4.69) is 60.7 Å². The third-order valence-electron chi connectivity index (χ3n) is 2.84. The predicted octanol–water partition coefficient (Wildman–Crippen LogP) is 1.73. The molecule has 0 bridgehead atoms. The van der Waals surface area contributed by atoms with E-state index in [1.54, 1.807) is 0 Å². The van der Waals surface area contributed by atoms with Crippen LogP contribution in [0, 0.1) is 12.0 Å². The van der Waals surface area contributed by atoms with E-state index in [0.29, 0.717) is 5.92 Å². The van der Waals surface area contributed by atoms with E-state index in [1.807, 2.05) is 6.08 Å².